The zero-order valence-corrected chi connectivity index (χ0v) is 34.7. The van der Waals surface area contributed by atoms with Crippen LogP contribution in [0.15, 0.2) is 78.9 Å². The van der Waals surface area contributed by atoms with Crippen LogP contribution in [-0.2, 0) is 0 Å². The van der Waals surface area contributed by atoms with Crippen LogP contribution >= 0.6 is 11.6 Å². The number of halogens is 2. The van der Waals surface area contributed by atoms with Crippen molar-refractivity contribution in [2.75, 3.05) is 0 Å². The summed E-state index contributed by atoms with van der Waals surface area (Å²) in [5.41, 5.74) is -0.113. The van der Waals surface area contributed by atoms with Gasteiger partial charge in [0.05, 0.1) is 101 Å². The van der Waals surface area contributed by atoms with Gasteiger partial charge in [-0.25, -0.2) is 85.2 Å². The summed E-state index contributed by atoms with van der Waals surface area (Å²) in [4.78, 5) is 24.3. The molecular formula is C52H28ClFN16. The highest BCUT2D eigenvalue weighted by Gasteiger charge is 2.05. The van der Waals surface area contributed by atoms with Gasteiger partial charge in [-0.15, -0.1) is 0 Å². The lowest BCUT2D eigenvalue weighted by Crippen LogP contribution is -2.16. The van der Waals surface area contributed by atoms with Crippen molar-refractivity contribution in [1.82, 2.24) is 0 Å². The van der Waals surface area contributed by atoms with Crippen molar-refractivity contribution in [2.45, 2.75) is 29.2 Å². The van der Waals surface area contributed by atoms with Crippen LogP contribution in [0.25, 0.3) is 84.3 Å². The van der Waals surface area contributed by atoms with Crippen LogP contribution in [0.3, 0.4) is 0 Å². The Morgan fingerprint density at radius 3 is 0.900 bits per heavy atom. The fourth-order valence-corrected chi connectivity index (χ4v) is 5.05. The Balaban J connectivity index is -0.000000843. The topological polar surface area (TPSA) is 225 Å². The van der Waals surface area contributed by atoms with Gasteiger partial charge in [-0.1, -0.05) is 106 Å². The zero-order chi connectivity index (χ0) is 50.5. The Kier molecular flexibility index (Phi) is 28.9. The third-order valence-corrected chi connectivity index (χ3v) is 8.24. The molecule has 330 valence electrons. The van der Waals surface area contributed by atoms with E-state index in [1.54, 1.807) is 91.9 Å². The van der Waals surface area contributed by atoms with Crippen molar-refractivity contribution in [3.8, 4) is 48.6 Å². The highest BCUT2D eigenvalue weighted by Crippen LogP contribution is 2.03. The highest BCUT2D eigenvalue weighted by molar-refractivity contribution is 6.30. The van der Waals surface area contributed by atoms with Crippen LogP contribution in [0.4, 0.5) is 4.39 Å². The van der Waals surface area contributed by atoms with Gasteiger partial charge in [0.25, 0.3) is 45.6 Å². The standard InChI is InChI=1S/C13H6N4.C12H3ClN4.C12H3FN4.C12H4N4.3CH4/c1-9-6-10(12(7-14)16-2)4-5-11(9)13(8-15)17-3;2*1-16-11(6-14)8-3-4-9(10(13)5-8)12(7-15)17-2;1-15-11(7-13)9-3-5-10(6-4-9)12(8-14)16-2;;;/h4-6H,1H3;2*3-5H;3-6H;3*1H4/b12-10+,13-11+;2*11-8+,12-9+;;;;. The molecule has 0 N–H and O–H groups in total. The minimum Gasteiger partial charge on any atom is -0.226 e. The van der Waals surface area contributed by atoms with E-state index in [1.165, 1.54) is 30.3 Å². The molecule has 0 atom stereocenters. The molecule has 4 rings (SSSR count). The van der Waals surface area contributed by atoms with Gasteiger partial charge in [-0.3, -0.25) is 0 Å². The van der Waals surface area contributed by atoms with Gasteiger partial charge in [-0.05, 0) is 50.4 Å². The van der Waals surface area contributed by atoms with Gasteiger partial charge in [0.15, 0.2) is 0 Å². The van der Waals surface area contributed by atoms with E-state index >= 15 is 0 Å². The summed E-state index contributed by atoms with van der Waals surface area (Å²) in [6, 6.07) is 32.7. The van der Waals surface area contributed by atoms with Crippen LogP contribution < -0.4 is 41.7 Å². The van der Waals surface area contributed by atoms with Crippen LogP contribution in [-0.4, -0.2) is 0 Å². The molecule has 0 aliphatic carbocycles. The average Bonchev–Trinajstić information content (AvgIpc) is 3.35. The molecule has 0 aliphatic heterocycles. The molecule has 0 saturated heterocycles. The van der Waals surface area contributed by atoms with E-state index in [1.807, 2.05) is 6.07 Å². The van der Waals surface area contributed by atoms with Crippen molar-refractivity contribution in [3.63, 3.8) is 0 Å². The quantitative estimate of drug-likeness (QED) is 0.185. The van der Waals surface area contributed by atoms with Gasteiger partial charge in [0.2, 0.25) is 0 Å². The Morgan fingerprint density at radius 1 is 0.371 bits per heavy atom. The Morgan fingerprint density at radius 2 is 0.614 bits per heavy atom. The van der Waals surface area contributed by atoms with Crippen LogP contribution in [0, 0.1) is 156 Å². The number of rotatable bonds is 0. The summed E-state index contributed by atoms with van der Waals surface area (Å²) in [5, 5.41) is 72.3. The van der Waals surface area contributed by atoms with Crippen molar-refractivity contribution < 1.29 is 4.39 Å². The monoisotopic (exact) mass is 930 g/mol. The number of aryl methyl sites for hydroxylation is 1. The molecule has 0 bridgehead atoms. The number of hydrogen-bond acceptors (Lipinski definition) is 8. The SMILES string of the molecule is C.C.C.[C-]#[N+]/C(C#N)=c1\cc/c(=C(/C#N)[N+]#[C-])c(C)c1.[C-]#[N+]/C(C#N)=c1\cc/c(=C(/C#N)[N+]#[C-])c(Cl)c1.[C-]#[N+]/C(C#N)=c1\cc/c(=C(/C#N)[N+]#[C-])c(F)c1.[C-]#[N+]C(C#N)=c1ccc(=C(C#N)[N+]#[C-])cc1. The van der Waals surface area contributed by atoms with Crippen molar-refractivity contribution >= 4 is 57.2 Å². The largest absolute Gasteiger partial charge is 0.271 e. The van der Waals surface area contributed by atoms with Crippen molar-refractivity contribution in [3.05, 3.63) is 228 Å². The number of nitrogens with zero attached hydrogens (tertiary/aromatic N) is 16. The molecule has 18 heteroatoms. The maximum absolute atomic E-state index is 13.6. The fourth-order valence-electron chi connectivity index (χ4n) is 4.78. The van der Waals surface area contributed by atoms with E-state index in [0.717, 1.165) is 6.07 Å². The summed E-state index contributed by atoms with van der Waals surface area (Å²) in [6.45, 7) is 56.0. The smallest absolute Gasteiger partial charge is 0.226 e. The minimum absolute atomic E-state index is 0. The number of benzene rings is 4. The normalized spacial score (nSPS) is 10.7. The molecule has 0 aromatic heterocycles. The molecule has 4 aromatic rings. The molecule has 4 aromatic carbocycles. The van der Waals surface area contributed by atoms with Crippen molar-refractivity contribution in [2.24, 2.45) is 0 Å². The molecule has 0 radical (unpaired) electrons. The first-order chi connectivity index (χ1) is 32.3. The second-order valence-corrected chi connectivity index (χ2v) is 12.0. The van der Waals surface area contributed by atoms with Gasteiger partial charge < -0.3 is 0 Å². The van der Waals surface area contributed by atoms with E-state index in [9.17, 15) is 4.39 Å². The van der Waals surface area contributed by atoms with Gasteiger partial charge in [0.1, 0.15) is 5.82 Å². The maximum atomic E-state index is 13.6. The van der Waals surface area contributed by atoms with E-state index in [-0.39, 0.29) is 83.3 Å². The molecule has 0 unspecified atom stereocenters. The van der Waals surface area contributed by atoms with Gasteiger partial charge in [-0.2, -0.15) is 0 Å². The summed E-state index contributed by atoms with van der Waals surface area (Å²) in [6.07, 6.45) is 0. The fraction of sp³-hybridized carbons (Fsp3) is 0.0769. The van der Waals surface area contributed by atoms with Crippen molar-refractivity contribution in [1.29, 1.82) is 42.1 Å². The first kappa shape index (κ1) is 62.2. The summed E-state index contributed by atoms with van der Waals surface area (Å²) in [5.74, 6) is -0.800. The van der Waals surface area contributed by atoms with Gasteiger partial charge in [0, 0.05) is 15.5 Å². The molecule has 70 heavy (non-hydrogen) atoms. The molecule has 0 spiro atoms. The van der Waals surface area contributed by atoms with E-state index in [0.29, 0.717) is 36.9 Å². The third kappa shape index (κ3) is 16.5. The zero-order valence-electron chi connectivity index (χ0n) is 33.9. The van der Waals surface area contributed by atoms with Gasteiger partial charge >= 0.3 is 0 Å². The lowest BCUT2D eigenvalue weighted by molar-refractivity contribution is 0.617. The average molecular weight is 931 g/mol. The number of hydrogen-bond donors (Lipinski definition) is 0. The Bertz CT molecular complexity index is 3470. The predicted octanol–water partition coefficient (Wildman–Crippen LogP) is 6.16. The summed E-state index contributed by atoms with van der Waals surface area (Å²) >= 11 is 5.90. The Labute approximate surface area is 408 Å². The lowest BCUT2D eigenvalue weighted by atomic mass is 10.1. The third-order valence-electron chi connectivity index (χ3n) is 7.92. The van der Waals surface area contributed by atoms with Crippen LogP contribution in [0.5, 0.6) is 0 Å². The summed E-state index contributed by atoms with van der Waals surface area (Å²) < 4.78 is 13.6. The molecule has 0 fully saturated rings. The van der Waals surface area contributed by atoms with E-state index in [4.69, 9.17) is 106 Å². The molecule has 0 heterocycles. The Hall–Kier alpha value is -12.1. The van der Waals surface area contributed by atoms with E-state index in [2.05, 4.69) is 38.8 Å². The second-order valence-electron chi connectivity index (χ2n) is 11.6. The molecule has 16 nitrogen and oxygen atoms in total. The highest BCUT2D eigenvalue weighted by atomic mass is 35.5. The number of nitriles is 8. The molecule has 0 aliphatic rings. The van der Waals surface area contributed by atoms with Crippen LogP contribution in [0.2, 0.25) is 5.02 Å². The lowest BCUT2D eigenvalue weighted by Gasteiger charge is -1.95. The second kappa shape index (κ2) is 32.6. The summed E-state index contributed by atoms with van der Waals surface area (Å²) in [7, 11) is 0. The van der Waals surface area contributed by atoms with E-state index < -0.39 is 5.82 Å². The first-order valence-electron chi connectivity index (χ1n) is 17.3. The molecule has 0 amide bonds. The van der Waals surface area contributed by atoms with Crippen LogP contribution in [0.1, 0.15) is 27.8 Å². The first-order valence-corrected chi connectivity index (χ1v) is 17.7. The maximum Gasteiger partial charge on any atom is 0.271 e. The predicted molar refractivity (Wildman–Crippen MR) is 258 cm³/mol. The molecule has 0 saturated carbocycles. The molecular weight excluding hydrogens is 903 g/mol. The minimum atomic E-state index is -0.800.